The second kappa shape index (κ2) is 7.37. The highest BCUT2D eigenvalue weighted by Gasteiger charge is 2.22. The summed E-state index contributed by atoms with van der Waals surface area (Å²) in [6.45, 7) is 8.31. The van der Waals surface area contributed by atoms with Crippen molar-refractivity contribution in [2.24, 2.45) is 0 Å². The average Bonchev–Trinajstić information content (AvgIpc) is 3.17. The van der Waals surface area contributed by atoms with Gasteiger partial charge >= 0.3 is 0 Å². The number of nitriles is 1. The van der Waals surface area contributed by atoms with Crippen molar-refractivity contribution in [1.29, 1.82) is 5.26 Å². The summed E-state index contributed by atoms with van der Waals surface area (Å²) in [5.41, 5.74) is 2.77. The molecular weight excluding hydrogens is 386 g/mol. The molecule has 0 aliphatic carbocycles. The van der Waals surface area contributed by atoms with E-state index in [1.165, 1.54) is 11.3 Å². The molecule has 7 heteroatoms. The number of nitrogens with one attached hydrogen (secondary N) is 1. The fraction of sp³-hybridized carbons (Fsp3) is 0.318. The van der Waals surface area contributed by atoms with Crippen LogP contribution in [0, 0.1) is 25.2 Å². The zero-order chi connectivity index (χ0) is 20.7. The van der Waals surface area contributed by atoms with Gasteiger partial charge in [0.25, 0.3) is 5.56 Å². The van der Waals surface area contributed by atoms with Crippen LogP contribution in [0.15, 0.2) is 16.9 Å². The number of benzene rings is 1. The zero-order valence-electron chi connectivity index (χ0n) is 16.8. The molecule has 0 radical (unpaired) electrons. The monoisotopic (exact) mass is 407 g/mol. The van der Waals surface area contributed by atoms with Gasteiger partial charge in [0.05, 0.1) is 17.6 Å². The average molecular weight is 407 g/mol. The molecule has 0 amide bonds. The predicted octanol–water partition coefficient (Wildman–Crippen LogP) is 4.39. The van der Waals surface area contributed by atoms with Crippen LogP contribution in [-0.4, -0.2) is 22.7 Å². The number of hydrogen-bond acceptors (Lipinski definition) is 6. The Hall–Kier alpha value is -3.11. The first-order valence-electron chi connectivity index (χ1n) is 9.49. The Balaban J connectivity index is 1.85. The van der Waals surface area contributed by atoms with Crippen LogP contribution in [0.25, 0.3) is 21.9 Å². The van der Waals surface area contributed by atoms with Gasteiger partial charge in [0.2, 0.25) is 0 Å². The third-order valence-electron chi connectivity index (χ3n) is 5.04. The fourth-order valence-corrected chi connectivity index (χ4v) is 4.57. The molecule has 1 aromatic carbocycles. The SMILES string of the molecule is CCOc1cc2c(cc1/C=C(\C#N)c1nc3sc(C)c(C)c3c(=O)[nH]1)O[C@@H](C)C2. The van der Waals surface area contributed by atoms with Crippen LogP contribution >= 0.6 is 11.3 Å². The predicted molar refractivity (Wildman–Crippen MR) is 115 cm³/mol. The van der Waals surface area contributed by atoms with Crippen molar-refractivity contribution < 1.29 is 9.47 Å². The Kier molecular flexibility index (Phi) is 4.89. The van der Waals surface area contributed by atoms with Crippen molar-refractivity contribution in [1.82, 2.24) is 9.97 Å². The van der Waals surface area contributed by atoms with Gasteiger partial charge in [-0.3, -0.25) is 4.79 Å². The van der Waals surface area contributed by atoms with Crippen molar-refractivity contribution in [3.8, 4) is 17.6 Å². The lowest BCUT2D eigenvalue weighted by atomic mass is 10.0. The summed E-state index contributed by atoms with van der Waals surface area (Å²) in [7, 11) is 0. The number of aromatic amines is 1. The molecule has 0 saturated heterocycles. The minimum atomic E-state index is -0.232. The molecule has 1 aliphatic rings. The number of aryl methyl sites for hydroxylation is 2. The lowest BCUT2D eigenvalue weighted by molar-refractivity contribution is 0.254. The topological polar surface area (TPSA) is 88.0 Å². The summed E-state index contributed by atoms with van der Waals surface area (Å²) in [6, 6.07) is 6.02. The van der Waals surface area contributed by atoms with Gasteiger partial charge in [-0.1, -0.05) is 0 Å². The smallest absolute Gasteiger partial charge is 0.260 e. The van der Waals surface area contributed by atoms with E-state index in [9.17, 15) is 10.1 Å². The third kappa shape index (κ3) is 3.40. The number of fused-ring (bicyclic) bond motifs is 2. The van der Waals surface area contributed by atoms with E-state index in [2.05, 4.69) is 16.0 Å². The summed E-state index contributed by atoms with van der Waals surface area (Å²) < 4.78 is 11.6. The van der Waals surface area contributed by atoms with Gasteiger partial charge in [-0.25, -0.2) is 4.98 Å². The van der Waals surface area contributed by atoms with E-state index in [1.54, 1.807) is 6.08 Å². The summed E-state index contributed by atoms with van der Waals surface area (Å²) in [6.07, 6.45) is 2.63. The second-order valence-corrected chi connectivity index (χ2v) is 8.31. The Bertz CT molecular complexity index is 1250. The van der Waals surface area contributed by atoms with Crippen molar-refractivity contribution >= 4 is 33.2 Å². The van der Waals surface area contributed by atoms with Crippen molar-refractivity contribution in [2.75, 3.05) is 6.61 Å². The van der Waals surface area contributed by atoms with Crippen LogP contribution in [0.3, 0.4) is 0 Å². The van der Waals surface area contributed by atoms with Gasteiger partial charge < -0.3 is 14.5 Å². The van der Waals surface area contributed by atoms with Gasteiger partial charge in [-0.05, 0) is 51.5 Å². The molecule has 1 atom stereocenters. The van der Waals surface area contributed by atoms with Crippen LogP contribution in [0.2, 0.25) is 0 Å². The first kappa shape index (κ1) is 19.2. The number of rotatable bonds is 4. The first-order chi connectivity index (χ1) is 13.9. The van der Waals surface area contributed by atoms with E-state index in [0.29, 0.717) is 22.6 Å². The van der Waals surface area contributed by atoms with E-state index < -0.39 is 0 Å². The van der Waals surface area contributed by atoms with E-state index in [4.69, 9.17) is 9.47 Å². The Labute approximate surface area is 172 Å². The minimum absolute atomic E-state index is 0.111. The third-order valence-corrected chi connectivity index (χ3v) is 6.14. The van der Waals surface area contributed by atoms with Crippen LogP contribution in [0.4, 0.5) is 0 Å². The molecule has 2 aromatic heterocycles. The molecular formula is C22H21N3O3S. The Morgan fingerprint density at radius 3 is 3.00 bits per heavy atom. The van der Waals surface area contributed by atoms with Crippen molar-refractivity contribution in [3.63, 3.8) is 0 Å². The van der Waals surface area contributed by atoms with Crippen molar-refractivity contribution in [3.05, 3.63) is 49.9 Å². The molecule has 0 saturated carbocycles. The summed E-state index contributed by atoms with van der Waals surface area (Å²) >= 11 is 1.46. The summed E-state index contributed by atoms with van der Waals surface area (Å²) in [5, 5.41) is 10.4. The highest BCUT2D eigenvalue weighted by molar-refractivity contribution is 7.18. The lowest BCUT2D eigenvalue weighted by Crippen LogP contribution is -2.11. The highest BCUT2D eigenvalue weighted by atomic mass is 32.1. The summed E-state index contributed by atoms with van der Waals surface area (Å²) in [5.74, 6) is 1.73. The largest absolute Gasteiger partial charge is 0.493 e. The molecule has 6 nitrogen and oxygen atoms in total. The normalized spacial score (nSPS) is 15.8. The maximum absolute atomic E-state index is 12.6. The molecule has 3 heterocycles. The number of thiophene rings is 1. The van der Waals surface area contributed by atoms with Crippen LogP contribution in [-0.2, 0) is 6.42 Å². The number of nitrogens with zero attached hydrogens (tertiary/aromatic N) is 2. The van der Waals surface area contributed by atoms with E-state index >= 15 is 0 Å². The first-order valence-corrected chi connectivity index (χ1v) is 10.3. The number of allylic oxidation sites excluding steroid dienone is 1. The Morgan fingerprint density at radius 1 is 1.48 bits per heavy atom. The quantitative estimate of drug-likeness (QED) is 0.648. The molecule has 29 heavy (non-hydrogen) atoms. The van der Waals surface area contributed by atoms with E-state index in [0.717, 1.165) is 33.7 Å². The highest BCUT2D eigenvalue weighted by Crippen LogP contribution is 2.36. The molecule has 1 N–H and O–H groups in total. The van der Waals surface area contributed by atoms with Crippen LogP contribution in [0.1, 0.15) is 41.2 Å². The van der Waals surface area contributed by atoms with Crippen molar-refractivity contribution in [2.45, 2.75) is 40.2 Å². The molecule has 0 fully saturated rings. The van der Waals surface area contributed by atoms with Gasteiger partial charge in [0.15, 0.2) is 5.82 Å². The molecule has 0 bridgehead atoms. The molecule has 0 spiro atoms. The number of H-pyrrole nitrogens is 1. The van der Waals surface area contributed by atoms with E-state index in [-0.39, 0.29) is 23.1 Å². The molecule has 3 aromatic rings. The number of ether oxygens (including phenoxy) is 2. The van der Waals surface area contributed by atoms with Gasteiger partial charge in [-0.2, -0.15) is 5.26 Å². The fourth-order valence-electron chi connectivity index (χ4n) is 3.54. The standard InChI is InChI=1S/C22H21N3O3S/c1-5-27-17-8-14-6-11(2)28-18(14)9-15(17)7-16(10-23)20-24-21(26)19-12(3)13(4)29-22(19)25-20/h7-9,11H,5-6H2,1-4H3,(H,24,25,26)/b16-7+/t11-/m0/s1. The maximum atomic E-state index is 12.6. The molecule has 1 aliphatic heterocycles. The van der Waals surface area contributed by atoms with Gasteiger partial charge in [-0.15, -0.1) is 11.3 Å². The second-order valence-electron chi connectivity index (χ2n) is 7.11. The maximum Gasteiger partial charge on any atom is 0.260 e. The number of hydrogen-bond donors (Lipinski definition) is 1. The van der Waals surface area contributed by atoms with Crippen LogP contribution in [0.5, 0.6) is 11.5 Å². The molecule has 0 unspecified atom stereocenters. The van der Waals surface area contributed by atoms with Gasteiger partial charge in [0, 0.05) is 22.4 Å². The minimum Gasteiger partial charge on any atom is -0.493 e. The molecule has 148 valence electrons. The Morgan fingerprint density at radius 2 is 2.28 bits per heavy atom. The van der Waals surface area contributed by atoms with Crippen LogP contribution < -0.4 is 15.0 Å². The molecule has 4 rings (SSSR count). The number of aromatic nitrogens is 2. The summed E-state index contributed by atoms with van der Waals surface area (Å²) in [4.78, 5) is 21.6. The zero-order valence-corrected chi connectivity index (χ0v) is 17.6. The van der Waals surface area contributed by atoms with Gasteiger partial charge in [0.1, 0.15) is 28.5 Å². The lowest BCUT2D eigenvalue weighted by Gasteiger charge is -2.10. The van der Waals surface area contributed by atoms with E-state index in [1.807, 2.05) is 39.8 Å².